The van der Waals surface area contributed by atoms with Gasteiger partial charge in [0.2, 0.25) is 0 Å². The van der Waals surface area contributed by atoms with E-state index in [0.29, 0.717) is 5.82 Å². The molecule has 0 amide bonds. The fraction of sp³-hybridized carbons (Fsp3) is 0. The van der Waals surface area contributed by atoms with Crippen LogP contribution in [-0.2, 0) is 0 Å². The molecule has 0 spiro atoms. The van der Waals surface area contributed by atoms with Crippen molar-refractivity contribution in [3.05, 3.63) is 158 Å². The molecule has 4 heteroatoms. The first-order valence-electron chi connectivity index (χ1n) is 15.4. The number of aromatic nitrogens is 4. The Kier molecular flexibility index (Phi) is 6.10. The quantitative estimate of drug-likeness (QED) is 0.193. The number of benzene rings is 6. The Morgan fingerprint density at radius 3 is 1.91 bits per heavy atom. The highest BCUT2D eigenvalue weighted by Crippen LogP contribution is 2.35. The second kappa shape index (κ2) is 10.7. The molecule has 0 aliphatic heterocycles. The molecule has 0 saturated carbocycles. The Bertz CT molecular complexity index is 2580. The van der Waals surface area contributed by atoms with Crippen molar-refractivity contribution in [2.45, 2.75) is 0 Å². The third-order valence-corrected chi connectivity index (χ3v) is 8.67. The number of pyridine rings is 2. The van der Waals surface area contributed by atoms with Crippen molar-refractivity contribution >= 4 is 43.5 Å². The van der Waals surface area contributed by atoms with E-state index in [9.17, 15) is 0 Å². The first-order valence-corrected chi connectivity index (χ1v) is 15.4. The van der Waals surface area contributed by atoms with Gasteiger partial charge in [-0.25, -0.2) is 15.0 Å². The van der Waals surface area contributed by atoms with Gasteiger partial charge in [0, 0.05) is 50.0 Å². The van der Waals surface area contributed by atoms with Gasteiger partial charge in [0.1, 0.15) is 0 Å². The minimum absolute atomic E-state index is 0.696. The average Bonchev–Trinajstić information content (AvgIpc) is 3.14. The summed E-state index contributed by atoms with van der Waals surface area (Å²) in [6.45, 7) is 0. The summed E-state index contributed by atoms with van der Waals surface area (Å²) in [6.07, 6.45) is 1.95. The van der Waals surface area contributed by atoms with Crippen molar-refractivity contribution in [3.8, 4) is 45.0 Å². The summed E-state index contributed by atoms with van der Waals surface area (Å²) in [4.78, 5) is 20.3. The van der Waals surface area contributed by atoms with Crippen LogP contribution in [0.2, 0.25) is 0 Å². The standard InChI is InChI=1S/C42H26N4/c1-3-11-28(12-4-1)37-23-21-30-18-19-32-25-34(26-43-39(32)40(30)44-37)31-15-9-16-33(24-31)42-45-38(29-13-5-2-6-14-29)36-22-20-27-10-7-8-17-35(27)41(36)46-42/h1-26H. The van der Waals surface area contributed by atoms with Crippen LogP contribution in [-0.4, -0.2) is 19.9 Å². The summed E-state index contributed by atoms with van der Waals surface area (Å²) in [5.74, 6) is 0.696. The van der Waals surface area contributed by atoms with E-state index in [1.165, 1.54) is 0 Å². The van der Waals surface area contributed by atoms with Crippen LogP contribution in [0.5, 0.6) is 0 Å². The van der Waals surface area contributed by atoms with E-state index >= 15 is 0 Å². The molecule has 46 heavy (non-hydrogen) atoms. The third-order valence-electron chi connectivity index (χ3n) is 8.67. The lowest BCUT2D eigenvalue weighted by molar-refractivity contribution is 1.23. The molecule has 4 nitrogen and oxygen atoms in total. The number of fused-ring (bicyclic) bond motifs is 6. The summed E-state index contributed by atoms with van der Waals surface area (Å²) in [5.41, 5.74) is 9.83. The van der Waals surface area contributed by atoms with Crippen molar-refractivity contribution in [3.63, 3.8) is 0 Å². The predicted molar refractivity (Wildman–Crippen MR) is 189 cm³/mol. The molecule has 0 saturated heterocycles. The Balaban J connectivity index is 1.18. The van der Waals surface area contributed by atoms with Crippen molar-refractivity contribution in [1.82, 2.24) is 19.9 Å². The summed E-state index contributed by atoms with van der Waals surface area (Å²) in [6, 6.07) is 52.4. The lowest BCUT2D eigenvalue weighted by Crippen LogP contribution is -1.96. The van der Waals surface area contributed by atoms with Gasteiger partial charge in [-0.2, -0.15) is 0 Å². The molecule has 0 aliphatic rings. The predicted octanol–water partition coefficient (Wildman–Crippen LogP) is 10.5. The summed E-state index contributed by atoms with van der Waals surface area (Å²) in [7, 11) is 0. The monoisotopic (exact) mass is 586 g/mol. The maximum absolute atomic E-state index is 5.18. The molecule has 9 aromatic rings. The van der Waals surface area contributed by atoms with Crippen molar-refractivity contribution in [2.24, 2.45) is 0 Å². The molecule has 0 unspecified atom stereocenters. The Labute approximate surface area is 265 Å². The van der Waals surface area contributed by atoms with Crippen LogP contribution in [0.3, 0.4) is 0 Å². The highest BCUT2D eigenvalue weighted by atomic mass is 14.9. The summed E-state index contributed by atoms with van der Waals surface area (Å²) >= 11 is 0. The molecular weight excluding hydrogens is 560 g/mol. The number of nitrogens with zero attached hydrogens (tertiary/aromatic N) is 4. The van der Waals surface area contributed by atoms with Crippen molar-refractivity contribution in [2.75, 3.05) is 0 Å². The normalized spacial score (nSPS) is 11.5. The molecule has 6 aromatic carbocycles. The lowest BCUT2D eigenvalue weighted by Gasteiger charge is -2.12. The maximum Gasteiger partial charge on any atom is 0.160 e. The maximum atomic E-state index is 5.18. The van der Waals surface area contributed by atoms with Gasteiger partial charge >= 0.3 is 0 Å². The molecule has 3 aromatic heterocycles. The second-order valence-corrected chi connectivity index (χ2v) is 11.5. The number of hydrogen-bond acceptors (Lipinski definition) is 4. The average molecular weight is 587 g/mol. The van der Waals surface area contributed by atoms with Gasteiger partial charge in [0.15, 0.2) is 5.82 Å². The minimum atomic E-state index is 0.696. The second-order valence-electron chi connectivity index (χ2n) is 11.5. The Hall–Kier alpha value is -6.26. The zero-order chi connectivity index (χ0) is 30.5. The first-order chi connectivity index (χ1) is 22.8. The van der Waals surface area contributed by atoms with Crippen LogP contribution in [0.25, 0.3) is 88.5 Å². The molecular formula is C42H26N4. The number of rotatable bonds is 4. The van der Waals surface area contributed by atoms with Crippen LogP contribution < -0.4 is 0 Å². The van der Waals surface area contributed by atoms with E-state index in [1.807, 2.05) is 30.5 Å². The highest BCUT2D eigenvalue weighted by molar-refractivity contribution is 6.10. The van der Waals surface area contributed by atoms with Crippen molar-refractivity contribution in [1.29, 1.82) is 0 Å². The molecule has 0 atom stereocenters. The van der Waals surface area contributed by atoms with Crippen LogP contribution in [0.1, 0.15) is 0 Å². The molecule has 0 fully saturated rings. The van der Waals surface area contributed by atoms with Gasteiger partial charge in [0.25, 0.3) is 0 Å². The Morgan fingerprint density at radius 1 is 0.348 bits per heavy atom. The fourth-order valence-corrected chi connectivity index (χ4v) is 6.35. The molecule has 9 rings (SSSR count). The van der Waals surface area contributed by atoms with E-state index in [1.54, 1.807) is 0 Å². The fourth-order valence-electron chi connectivity index (χ4n) is 6.35. The minimum Gasteiger partial charge on any atom is -0.253 e. The molecule has 3 heterocycles. The number of hydrogen-bond donors (Lipinski definition) is 0. The summed E-state index contributed by atoms with van der Waals surface area (Å²) in [5, 5.41) is 5.44. The molecule has 214 valence electrons. The first kappa shape index (κ1) is 26.2. The van der Waals surface area contributed by atoms with E-state index in [4.69, 9.17) is 19.9 Å². The van der Waals surface area contributed by atoms with Crippen LogP contribution in [0, 0.1) is 0 Å². The van der Waals surface area contributed by atoms with Gasteiger partial charge < -0.3 is 0 Å². The van der Waals surface area contributed by atoms with Gasteiger partial charge in [-0.3, -0.25) is 4.98 Å². The molecule has 0 bridgehead atoms. The molecule has 0 N–H and O–H groups in total. The van der Waals surface area contributed by atoms with Crippen LogP contribution in [0.4, 0.5) is 0 Å². The van der Waals surface area contributed by atoms with E-state index in [0.717, 1.165) is 82.7 Å². The van der Waals surface area contributed by atoms with Gasteiger partial charge in [0.05, 0.1) is 27.9 Å². The van der Waals surface area contributed by atoms with Gasteiger partial charge in [-0.05, 0) is 35.2 Å². The molecule has 0 radical (unpaired) electrons. The Morgan fingerprint density at radius 2 is 1.04 bits per heavy atom. The van der Waals surface area contributed by atoms with Crippen LogP contribution >= 0.6 is 0 Å². The van der Waals surface area contributed by atoms with Gasteiger partial charge in [-0.1, -0.05) is 127 Å². The van der Waals surface area contributed by atoms with Crippen LogP contribution in [0.15, 0.2) is 158 Å². The zero-order valence-corrected chi connectivity index (χ0v) is 24.8. The molecule has 0 aliphatic carbocycles. The lowest BCUT2D eigenvalue weighted by atomic mass is 10.00. The zero-order valence-electron chi connectivity index (χ0n) is 24.8. The van der Waals surface area contributed by atoms with E-state index < -0.39 is 0 Å². The third kappa shape index (κ3) is 4.47. The summed E-state index contributed by atoms with van der Waals surface area (Å²) < 4.78 is 0. The SMILES string of the molecule is c1ccc(-c2ccc3ccc4cc(-c5cccc(-c6nc(-c7ccccc7)c7ccc8ccccc8c7n6)c5)cnc4c3n2)cc1. The topological polar surface area (TPSA) is 51.6 Å². The largest absolute Gasteiger partial charge is 0.253 e. The van der Waals surface area contributed by atoms with Gasteiger partial charge in [-0.15, -0.1) is 0 Å². The smallest absolute Gasteiger partial charge is 0.160 e. The van der Waals surface area contributed by atoms with E-state index in [-0.39, 0.29) is 0 Å². The van der Waals surface area contributed by atoms with Crippen molar-refractivity contribution < 1.29 is 0 Å². The highest BCUT2D eigenvalue weighted by Gasteiger charge is 2.15. The van der Waals surface area contributed by atoms with E-state index in [2.05, 4.69) is 127 Å².